The van der Waals surface area contributed by atoms with Gasteiger partial charge in [0.05, 0.1) is 12.0 Å². The number of nitro groups is 1. The fourth-order valence-corrected chi connectivity index (χ4v) is 1.71. The number of carbonyl (C=O) groups excluding carboxylic acids is 2. The molecule has 1 aromatic rings. The van der Waals surface area contributed by atoms with Crippen LogP contribution in [0.25, 0.3) is 5.57 Å². The quantitative estimate of drug-likeness (QED) is 0.518. The minimum absolute atomic E-state index is 0.0575. The Morgan fingerprint density at radius 1 is 1.30 bits per heavy atom. The van der Waals surface area contributed by atoms with E-state index in [1.165, 1.54) is 19.1 Å². The Morgan fingerprint density at radius 3 is 2.25 bits per heavy atom. The first kappa shape index (κ1) is 15.4. The largest absolute Gasteiger partial charge is 0.465 e. The van der Waals surface area contributed by atoms with Gasteiger partial charge in [0.1, 0.15) is 11.3 Å². The maximum absolute atomic E-state index is 11.6. The highest BCUT2D eigenvalue weighted by Gasteiger charge is 2.28. The second kappa shape index (κ2) is 5.96. The highest BCUT2D eigenvalue weighted by atomic mass is 16.6. The van der Waals surface area contributed by atoms with Gasteiger partial charge in [-0.25, -0.2) is 4.79 Å². The topological polar surface area (TPSA) is 98.5 Å². The van der Waals surface area contributed by atoms with Gasteiger partial charge in [0.2, 0.25) is 5.91 Å². The minimum Gasteiger partial charge on any atom is -0.465 e. The predicted molar refractivity (Wildman–Crippen MR) is 73.4 cm³/mol. The van der Waals surface area contributed by atoms with Crippen molar-refractivity contribution in [3.8, 4) is 0 Å². The Bertz CT molecular complexity index is 607. The molecule has 0 atom stereocenters. The lowest BCUT2D eigenvalue weighted by molar-refractivity contribution is -0.384. The van der Waals surface area contributed by atoms with Gasteiger partial charge in [-0.2, -0.15) is 0 Å². The standard InChI is InChI=1S/C13H14N2O5/c1-7(2)9-5-6-10(13(17)20-4)12(15(18)19)11(9)14-8(3)16/h5-6H,1H2,2-4H3,(H,14,16). The van der Waals surface area contributed by atoms with Crippen LogP contribution in [-0.2, 0) is 9.53 Å². The van der Waals surface area contributed by atoms with Crippen LogP contribution in [0.4, 0.5) is 11.4 Å². The molecule has 1 aromatic carbocycles. The molecule has 0 radical (unpaired) electrons. The van der Waals surface area contributed by atoms with Crippen molar-refractivity contribution in [2.24, 2.45) is 0 Å². The zero-order chi connectivity index (χ0) is 15.4. The van der Waals surface area contributed by atoms with Crippen molar-refractivity contribution in [3.63, 3.8) is 0 Å². The second-order valence-electron chi connectivity index (χ2n) is 4.09. The van der Waals surface area contributed by atoms with Crippen LogP contribution in [0.5, 0.6) is 0 Å². The molecule has 1 amide bonds. The van der Waals surface area contributed by atoms with Crippen LogP contribution in [0.1, 0.15) is 29.8 Å². The molecule has 0 aliphatic heterocycles. The lowest BCUT2D eigenvalue weighted by atomic mass is 10.0. The zero-order valence-corrected chi connectivity index (χ0v) is 11.4. The molecule has 0 aliphatic rings. The van der Waals surface area contributed by atoms with E-state index < -0.39 is 22.5 Å². The van der Waals surface area contributed by atoms with Gasteiger partial charge in [-0.3, -0.25) is 14.9 Å². The molecule has 106 valence electrons. The molecule has 0 saturated carbocycles. The normalized spacial score (nSPS) is 9.75. The first-order valence-corrected chi connectivity index (χ1v) is 5.62. The van der Waals surface area contributed by atoms with Crippen molar-refractivity contribution >= 4 is 28.8 Å². The van der Waals surface area contributed by atoms with Crippen LogP contribution in [0.2, 0.25) is 0 Å². The van der Waals surface area contributed by atoms with E-state index in [2.05, 4.69) is 16.6 Å². The Hall–Kier alpha value is -2.70. The molecule has 20 heavy (non-hydrogen) atoms. The number of carbonyl (C=O) groups is 2. The predicted octanol–water partition coefficient (Wildman–Crippen LogP) is 2.37. The van der Waals surface area contributed by atoms with E-state index in [0.29, 0.717) is 11.1 Å². The fraction of sp³-hybridized carbons (Fsp3) is 0.231. The van der Waals surface area contributed by atoms with Gasteiger partial charge in [-0.15, -0.1) is 0 Å². The molecule has 1 N–H and O–H groups in total. The van der Waals surface area contributed by atoms with E-state index >= 15 is 0 Å². The zero-order valence-electron chi connectivity index (χ0n) is 11.4. The van der Waals surface area contributed by atoms with Gasteiger partial charge < -0.3 is 10.1 Å². The van der Waals surface area contributed by atoms with Gasteiger partial charge in [0, 0.05) is 12.5 Å². The van der Waals surface area contributed by atoms with Crippen LogP contribution in [0.3, 0.4) is 0 Å². The third kappa shape index (κ3) is 3.00. The summed E-state index contributed by atoms with van der Waals surface area (Å²) in [6.45, 7) is 6.56. The number of nitrogens with one attached hydrogen (secondary N) is 1. The van der Waals surface area contributed by atoms with Crippen molar-refractivity contribution in [2.45, 2.75) is 13.8 Å². The molecule has 0 aliphatic carbocycles. The minimum atomic E-state index is -0.850. The average Bonchev–Trinajstić information content (AvgIpc) is 2.35. The van der Waals surface area contributed by atoms with Gasteiger partial charge in [0.25, 0.3) is 0 Å². The molecule has 7 heteroatoms. The second-order valence-corrected chi connectivity index (χ2v) is 4.09. The van der Waals surface area contributed by atoms with E-state index in [1.807, 2.05) is 0 Å². The maximum atomic E-state index is 11.6. The maximum Gasteiger partial charge on any atom is 0.344 e. The summed E-state index contributed by atoms with van der Waals surface area (Å²) in [6.07, 6.45) is 0. The third-order valence-corrected chi connectivity index (χ3v) is 2.53. The molecular weight excluding hydrogens is 264 g/mol. The molecular formula is C13H14N2O5. The number of hydrogen-bond acceptors (Lipinski definition) is 5. The van der Waals surface area contributed by atoms with Gasteiger partial charge in [0.15, 0.2) is 0 Å². The Kier molecular flexibility index (Phi) is 4.58. The van der Waals surface area contributed by atoms with Crippen LogP contribution >= 0.6 is 0 Å². The Balaban J connectivity index is 3.69. The lowest BCUT2D eigenvalue weighted by Crippen LogP contribution is -2.14. The first-order chi connectivity index (χ1) is 9.29. The summed E-state index contributed by atoms with van der Waals surface area (Å²) in [5.74, 6) is -1.34. The molecule has 1 rings (SSSR count). The molecule has 0 bridgehead atoms. The Labute approximate surface area is 115 Å². The highest BCUT2D eigenvalue weighted by molar-refractivity contribution is 6.03. The number of amides is 1. The SMILES string of the molecule is C=C(C)c1ccc(C(=O)OC)c([N+](=O)[O-])c1NC(C)=O. The van der Waals surface area contributed by atoms with Crippen LogP contribution in [0, 0.1) is 10.1 Å². The number of ether oxygens (including phenoxy) is 1. The van der Waals surface area contributed by atoms with Gasteiger partial charge in [-0.1, -0.05) is 12.6 Å². The van der Waals surface area contributed by atoms with E-state index in [1.54, 1.807) is 6.92 Å². The summed E-state index contributed by atoms with van der Waals surface area (Å²) in [5.41, 5.74) is 0.115. The summed E-state index contributed by atoms with van der Waals surface area (Å²) in [5, 5.41) is 13.6. The van der Waals surface area contributed by atoms with Crippen LogP contribution < -0.4 is 5.32 Å². The number of hydrogen-bond donors (Lipinski definition) is 1. The first-order valence-electron chi connectivity index (χ1n) is 5.62. The number of methoxy groups -OCH3 is 1. The number of rotatable bonds is 4. The smallest absolute Gasteiger partial charge is 0.344 e. The van der Waals surface area contributed by atoms with Crippen molar-refractivity contribution in [1.29, 1.82) is 0 Å². The average molecular weight is 278 g/mol. The van der Waals surface area contributed by atoms with Crippen molar-refractivity contribution in [2.75, 3.05) is 12.4 Å². The molecule has 0 aromatic heterocycles. The number of anilines is 1. The summed E-state index contributed by atoms with van der Waals surface area (Å²) in [4.78, 5) is 33.3. The van der Waals surface area contributed by atoms with E-state index in [0.717, 1.165) is 7.11 Å². The van der Waals surface area contributed by atoms with Crippen molar-refractivity contribution < 1.29 is 19.2 Å². The fourth-order valence-electron chi connectivity index (χ4n) is 1.71. The molecule has 0 heterocycles. The number of allylic oxidation sites excluding steroid dienone is 1. The van der Waals surface area contributed by atoms with Gasteiger partial charge >= 0.3 is 11.7 Å². The molecule has 0 saturated heterocycles. The van der Waals surface area contributed by atoms with Crippen molar-refractivity contribution in [3.05, 3.63) is 40.0 Å². The third-order valence-electron chi connectivity index (χ3n) is 2.53. The van der Waals surface area contributed by atoms with E-state index in [9.17, 15) is 19.7 Å². The Morgan fingerprint density at radius 2 is 1.85 bits per heavy atom. The summed E-state index contributed by atoms with van der Waals surface area (Å²) < 4.78 is 4.51. The summed E-state index contributed by atoms with van der Waals surface area (Å²) in [6, 6.07) is 2.76. The molecule has 0 spiro atoms. The van der Waals surface area contributed by atoms with E-state index in [4.69, 9.17) is 0 Å². The summed E-state index contributed by atoms with van der Waals surface area (Å²) in [7, 11) is 1.12. The number of nitrogens with zero attached hydrogens (tertiary/aromatic N) is 1. The summed E-state index contributed by atoms with van der Waals surface area (Å²) >= 11 is 0. The van der Waals surface area contributed by atoms with Crippen molar-refractivity contribution in [1.82, 2.24) is 0 Å². The number of esters is 1. The number of benzene rings is 1. The van der Waals surface area contributed by atoms with Gasteiger partial charge in [-0.05, 0) is 18.6 Å². The number of nitro benzene ring substituents is 1. The highest BCUT2D eigenvalue weighted by Crippen LogP contribution is 2.35. The van der Waals surface area contributed by atoms with Crippen LogP contribution in [-0.4, -0.2) is 23.9 Å². The van der Waals surface area contributed by atoms with E-state index in [-0.39, 0.29) is 11.3 Å². The molecule has 7 nitrogen and oxygen atoms in total. The van der Waals surface area contributed by atoms with Crippen LogP contribution in [0.15, 0.2) is 18.7 Å². The molecule has 0 fully saturated rings. The monoisotopic (exact) mass is 278 g/mol. The molecule has 0 unspecified atom stereocenters. The lowest BCUT2D eigenvalue weighted by Gasteiger charge is -2.12.